The van der Waals surface area contributed by atoms with Gasteiger partial charge in [-0.15, -0.1) is 0 Å². The molecule has 134 valence electrons. The van der Waals surface area contributed by atoms with Crippen LogP contribution >= 0.6 is 0 Å². The van der Waals surface area contributed by atoms with Crippen LogP contribution in [-0.2, 0) is 11.3 Å². The van der Waals surface area contributed by atoms with Gasteiger partial charge in [-0.1, -0.05) is 30.3 Å². The first-order valence-electron chi connectivity index (χ1n) is 8.40. The number of amides is 1. The highest BCUT2D eigenvalue weighted by Gasteiger charge is 2.14. The lowest BCUT2D eigenvalue weighted by Gasteiger charge is -2.25. The number of nitrogens with one attached hydrogen (secondary N) is 1. The Kier molecular flexibility index (Phi) is 6.81. The van der Waals surface area contributed by atoms with E-state index in [9.17, 15) is 10.1 Å². The van der Waals surface area contributed by atoms with Crippen LogP contribution in [0.5, 0.6) is 5.75 Å². The minimum absolute atomic E-state index is 0.0606. The van der Waals surface area contributed by atoms with E-state index in [0.29, 0.717) is 18.0 Å². The predicted molar refractivity (Wildman–Crippen MR) is 102 cm³/mol. The van der Waals surface area contributed by atoms with Gasteiger partial charge in [-0.05, 0) is 43.7 Å². The molecule has 2 rings (SSSR count). The molecule has 0 unspecified atom stereocenters. The SMILES string of the molecule is COc1ccc(NC(=O)/C(C#N)=C\N(Cc2ccccc2)C(C)C)cc1. The normalized spacial score (nSPS) is 11.0. The molecule has 0 atom stereocenters. The topological polar surface area (TPSA) is 65.4 Å². The molecule has 0 radical (unpaired) electrons. The molecule has 0 aromatic heterocycles. The average Bonchev–Trinajstić information content (AvgIpc) is 2.66. The maximum absolute atomic E-state index is 12.4. The Bertz CT molecular complexity index is 790. The van der Waals surface area contributed by atoms with E-state index in [4.69, 9.17) is 4.74 Å². The molecule has 0 saturated carbocycles. The summed E-state index contributed by atoms with van der Waals surface area (Å²) in [4.78, 5) is 14.4. The Balaban J connectivity index is 2.14. The predicted octanol–water partition coefficient (Wildman–Crippen LogP) is 3.95. The first-order valence-corrected chi connectivity index (χ1v) is 8.40. The van der Waals surface area contributed by atoms with Crippen molar-refractivity contribution in [2.24, 2.45) is 0 Å². The molecule has 0 aliphatic heterocycles. The maximum atomic E-state index is 12.4. The summed E-state index contributed by atoms with van der Waals surface area (Å²) in [6, 6.07) is 19.1. The Morgan fingerprint density at radius 1 is 1.19 bits per heavy atom. The number of rotatable bonds is 7. The summed E-state index contributed by atoms with van der Waals surface area (Å²) in [7, 11) is 1.58. The van der Waals surface area contributed by atoms with Crippen LogP contribution in [0.2, 0.25) is 0 Å². The van der Waals surface area contributed by atoms with E-state index in [1.165, 1.54) is 0 Å². The van der Waals surface area contributed by atoms with Crippen molar-refractivity contribution < 1.29 is 9.53 Å². The fourth-order valence-electron chi connectivity index (χ4n) is 2.35. The molecule has 0 aliphatic carbocycles. The van der Waals surface area contributed by atoms with Gasteiger partial charge in [0.05, 0.1) is 7.11 Å². The number of methoxy groups -OCH3 is 1. The third-order valence-corrected chi connectivity index (χ3v) is 3.88. The summed E-state index contributed by atoms with van der Waals surface area (Å²) in [5.41, 5.74) is 1.78. The van der Waals surface area contributed by atoms with Crippen LogP contribution in [-0.4, -0.2) is 24.0 Å². The molecular formula is C21H23N3O2. The lowest BCUT2D eigenvalue weighted by Crippen LogP contribution is -2.27. The fraction of sp³-hybridized carbons (Fsp3) is 0.238. The summed E-state index contributed by atoms with van der Waals surface area (Å²) < 4.78 is 5.10. The minimum atomic E-state index is -0.434. The van der Waals surface area contributed by atoms with E-state index in [-0.39, 0.29) is 11.6 Å². The van der Waals surface area contributed by atoms with E-state index >= 15 is 0 Å². The number of hydrogen-bond donors (Lipinski definition) is 1. The number of nitriles is 1. The summed E-state index contributed by atoms with van der Waals surface area (Å²) in [6.45, 7) is 4.67. The van der Waals surface area contributed by atoms with Crippen LogP contribution in [0.4, 0.5) is 5.69 Å². The molecule has 2 aromatic carbocycles. The summed E-state index contributed by atoms with van der Waals surface area (Å²) in [5, 5.41) is 12.2. The minimum Gasteiger partial charge on any atom is -0.497 e. The van der Waals surface area contributed by atoms with Crippen LogP contribution in [0.1, 0.15) is 19.4 Å². The number of hydrogen-bond acceptors (Lipinski definition) is 4. The van der Waals surface area contributed by atoms with Crippen molar-refractivity contribution in [3.8, 4) is 11.8 Å². The summed E-state index contributed by atoms with van der Waals surface area (Å²) >= 11 is 0. The molecule has 0 aliphatic rings. The summed E-state index contributed by atoms with van der Waals surface area (Å²) in [6.07, 6.45) is 1.62. The highest BCUT2D eigenvalue weighted by atomic mass is 16.5. The van der Waals surface area contributed by atoms with Gasteiger partial charge < -0.3 is 15.0 Å². The molecule has 26 heavy (non-hydrogen) atoms. The van der Waals surface area contributed by atoms with Crippen LogP contribution < -0.4 is 10.1 Å². The number of nitrogens with zero attached hydrogens (tertiary/aromatic N) is 2. The van der Waals surface area contributed by atoms with Crippen molar-refractivity contribution >= 4 is 11.6 Å². The van der Waals surface area contributed by atoms with Gasteiger partial charge in [-0.2, -0.15) is 5.26 Å². The molecule has 0 saturated heterocycles. The van der Waals surface area contributed by atoms with Crippen LogP contribution in [0.25, 0.3) is 0 Å². The number of anilines is 1. The first kappa shape index (κ1) is 19.1. The molecule has 5 heteroatoms. The standard InChI is InChI=1S/C21H23N3O2/c1-16(2)24(14-17-7-5-4-6-8-17)15-18(13-22)21(25)23-19-9-11-20(26-3)12-10-19/h4-12,15-16H,14H2,1-3H3,(H,23,25)/b18-15-. The zero-order chi connectivity index (χ0) is 18.9. The smallest absolute Gasteiger partial charge is 0.267 e. The highest BCUT2D eigenvalue weighted by molar-refractivity contribution is 6.06. The van der Waals surface area contributed by atoms with E-state index in [1.54, 1.807) is 37.6 Å². The molecule has 0 heterocycles. The zero-order valence-corrected chi connectivity index (χ0v) is 15.3. The lowest BCUT2D eigenvalue weighted by atomic mass is 10.2. The van der Waals surface area contributed by atoms with E-state index in [0.717, 1.165) is 5.56 Å². The Labute approximate surface area is 154 Å². The van der Waals surface area contributed by atoms with Crippen molar-refractivity contribution in [1.82, 2.24) is 4.90 Å². The second-order valence-corrected chi connectivity index (χ2v) is 6.09. The molecule has 5 nitrogen and oxygen atoms in total. The van der Waals surface area contributed by atoms with Crippen molar-refractivity contribution in [3.05, 3.63) is 71.9 Å². The van der Waals surface area contributed by atoms with Crippen molar-refractivity contribution in [2.75, 3.05) is 12.4 Å². The van der Waals surface area contributed by atoms with E-state index in [2.05, 4.69) is 5.32 Å². The fourth-order valence-corrected chi connectivity index (χ4v) is 2.35. The lowest BCUT2D eigenvalue weighted by molar-refractivity contribution is -0.112. The number of carbonyl (C=O) groups is 1. The Morgan fingerprint density at radius 2 is 1.85 bits per heavy atom. The molecular weight excluding hydrogens is 326 g/mol. The highest BCUT2D eigenvalue weighted by Crippen LogP contribution is 2.16. The van der Waals surface area contributed by atoms with E-state index < -0.39 is 5.91 Å². The number of ether oxygens (including phenoxy) is 1. The van der Waals surface area contributed by atoms with Crippen molar-refractivity contribution in [1.29, 1.82) is 5.26 Å². The van der Waals surface area contributed by atoms with Gasteiger partial charge in [-0.25, -0.2) is 0 Å². The van der Waals surface area contributed by atoms with Gasteiger partial charge >= 0.3 is 0 Å². The Hall–Kier alpha value is -3.26. The first-order chi connectivity index (χ1) is 12.5. The maximum Gasteiger partial charge on any atom is 0.267 e. The molecule has 2 aromatic rings. The van der Waals surface area contributed by atoms with Crippen molar-refractivity contribution in [3.63, 3.8) is 0 Å². The zero-order valence-electron chi connectivity index (χ0n) is 15.3. The average molecular weight is 349 g/mol. The van der Waals surface area contributed by atoms with Crippen molar-refractivity contribution in [2.45, 2.75) is 26.4 Å². The van der Waals surface area contributed by atoms with Gasteiger partial charge in [0.2, 0.25) is 0 Å². The van der Waals surface area contributed by atoms with Gasteiger partial charge in [0.1, 0.15) is 17.4 Å². The van der Waals surface area contributed by atoms with Gasteiger partial charge in [0.25, 0.3) is 5.91 Å². The molecule has 0 spiro atoms. The molecule has 1 amide bonds. The Morgan fingerprint density at radius 3 is 2.38 bits per heavy atom. The third-order valence-electron chi connectivity index (χ3n) is 3.88. The van der Waals surface area contributed by atoms with Gasteiger partial charge in [0.15, 0.2) is 0 Å². The van der Waals surface area contributed by atoms with Crippen LogP contribution in [0.15, 0.2) is 66.4 Å². The number of benzene rings is 2. The van der Waals surface area contributed by atoms with Crippen LogP contribution in [0.3, 0.4) is 0 Å². The van der Waals surface area contributed by atoms with Gasteiger partial charge in [0, 0.05) is 24.5 Å². The number of carbonyl (C=O) groups excluding carboxylic acids is 1. The largest absolute Gasteiger partial charge is 0.497 e. The quantitative estimate of drug-likeness (QED) is 0.607. The monoisotopic (exact) mass is 349 g/mol. The molecule has 0 fully saturated rings. The molecule has 0 bridgehead atoms. The van der Waals surface area contributed by atoms with E-state index in [1.807, 2.05) is 55.1 Å². The summed E-state index contributed by atoms with van der Waals surface area (Å²) in [5.74, 6) is 0.268. The molecule has 1 N–H and O–H groups in total. The second kappa shape index (κ2) is 9.28. The van der Waals surface area contributed by atoms with Gasteiger partial charge in [-0.3, -0.25) is 4.79 Å². The third kappa shape index (κ3) is 5.38. The van der Waals surface area contributed by atoms with Crippen LogP contribution in [0, 0.1) is 11.3 Å². The second-order valence-electron chi connectivity index (χ2n) is 6.09.